The van der Waals surface area contributed by atoms with Crippen molar-refractivity contribution >= 4 is 5.78 Å². The Hall–Kier alpha value is -2.16. The van der Waals surface area contributed by atoms with Crippen molar-refractivity contribution in [2.24, 2.45) is 0 Å². The van der Waals surface area contributed by atoms with Gasteiger partial charge in [0, 0.05) is 5.56 Å². The van der Waals surface area contributed by atoms with Gasteiger partial charge in [-0.05, 0) is 55.2 Å². The van der Waals surface area contributed by atoms with Crippen LogP contribution in [0.15, 0.2) is 36.4 Å². The molecule has 0 spiro atoms. The van der Waals surface area contributed by atoms with Gasteiger partial charge in [-0.25, -0.2) is 4.39 Å². The molecule has 0 aromatic heterocycles. The Morgan fingerprint density at radius 2 is 2.05 bits per heavy atom. The molecular weight excluding hydrogens is 255 g/mol. The monoisotopic (exact) mass is 270 g/mol. The Bertz CT molecular complexity index is 677. The molecule has 0 fully saturated rings. The summed E-state index contributed by atoms with van der Waals surface area (Å²) in [7, 11) is 0. The number of halogens is 1. The van der Waals surface area contributed by atoms with Crippen LogP contribution in [-0.2, 0) is 6.42 Å². The third-order valence-corrected chi connectivity index (χ3v) is 3.61. The number of aryl methyl sites for hydroxylation is 2. The first-order valence-corrected chi connectivity index (χ1v) is 6.72. The van der Waals surface area contributed by atoms with Gasteiger partial charge in [-0.1, -0.05) is 12.1 Å². The van der Waals surface area contributed by atoms with Gasteiger partial charge in [-0.15, -0.1) is 0 Å². The van der Waals surface area contributed by atoms with Crippen molar-refractivity contribution in [3.8, 4) is 5.75 Å². The molecule has 3 heteroatoms. The number of ether oxygens (including phenoxy) is 1. The van der Waals surface area contributed by atoms with E-state index >= 15 is 0 Å². The third kappa shape index (κ3) is 2.20. The normalized spacial score (nSPS) is 13.5. The van der Waals surface area contributed by atoms with Crippen LogP contribution in [0.3, 0.4) is 0 Å². The Kier molecular flexibility index (Phi) is 3.26. The van der Waals surface area contributed by atoms with Crippen LogP contribution in [0.5, 0.6) is 5.75 Å². The van der Waals surface area contributed by atoms with Gasteiger partial charge in [0.25, 0.3) is 0 Å². The highest BCUT2D eigenvalue weighted by atomic mass is 19.1. The van der Waals surface area contributed by atoms with Crippen molar-refractivity contribution in [1.82, 2.24) is 0 Å². The molecule has 0 amide bonds. The van der Waals surface area contributed by atoms with E-state index in [0.29, 0.717) is 29.0 Å². The van der Waals surface area contributed by atoms with E-state index in [4.69, 9.17) is 4.74 Å². The summed E-state index contributed by atoms with van der Waals surface area (Å²) in [6, 6.07) is 9.87. The number of benzene rings is 2. The molecule has 2 aromatic carbocycles. The smallest absolute Gasteiger partial charge is 0.197 e. The van der Waals surface area contributed by atoms with Gasteiger partial charge in [0.1, 0.15) is 11.6 Å². The number of hydrogen-bond acceptors (Lipinski definition) is 2. The molecule has 0 radical (unpaired) electrons. The van der Waals surface area contributed by atoms with Crippen LogP contribution in [0, 0.1) is 12.7 Å². The number of carbonyl (C=O) groups excluding carboxylic acids is 1. The highest BCUT2D eigenvalue weighted by Crippen LogP contribution is 2.31. The molecule has 20 heavy (non-hydrogen) atoms. The summed E-state index contributed by atoms with van der Waals surface area (Å²) in [6.07, 6.45) is 1.90. The number of carbonyl (C=O) groups is 1. The van der Waals surface area contributed by atoms with Gasteiger partial charge in [0.2, 0.25) is 0 Å². The molecule has 0 N–H and O–H groups in total. The number of para-hydroxylation sites is 1. The standard InChI is InChI=1S/C17H15FO2/c1-11-10-13(18)7-8-14(11)16(19)15-6-2-4-12-5-3-9-20-17(12)15/h2,4,6-8,10H,3,5,9H2,1H3. The van der Waals surface area contributed by atoms with Gasteiger partial charge < -0.3 is 4.74 Å². The van der Waals surface area contributed by atoms with Crippen LogP contribution in [0.2, 0.25) is 0 Å². The largest absolute Gasteiger partial charge is 0.493 e. The fraction of sp³-hybridized carbons (Fsp3) is 0.235. The van der Waals surface area contributed by atoms with Crippen molar-refractivity contribution in [3.05, 3.63) is 64.5 Å². The molecule has 1 aliphatic rings. The Morgan fingerprint density at radius 1 is 1.20 bits per heavy atom. The van der Waals surface area contributed by atoms with Crippen LogP contribution >= 0.6 is 0 Å². The predicted molar refractivity (Wildman–Crippen MR) is 74.8 cm³/mol. The minimum atomic E-state index is -0.328. The van der Waals surface area contributed by atoms with Crippen LogP contribution < -0.4 is 4.74 Å². The van der Waals surface area contributed by atoms with Crippen molar-refractivity contribution in [1.29, 1.82) is 0 Å². The zero-order valence-electron chi connectivity index (χ0n) is 11.3. The zero-order chi connectivity index (χ0) is 14.1. The predicted octanol–water partition coefficient (Wildman–Crippen LogP) is 3.69. The molecule has 2 aromatic rings. The second kappa shape index (κ2) is 5.08. The molecule has 0 unspecified atom stereocenters. The molecule has 3 rings (SSSR count). The summed E-state index contributed by atoms with van der Waals surface area (Å²) in [5, 5.41) is 0. The van der Waals surface area contributed by atoms with Gasteiger partial charge in [0.05, 0.1) is 12.2 Å². The van der Waals surface area contributed by atoms with E-state index in [1.807, 2.05) is 12.1 Å². The zero-order valence-corrected chi connectivity index (χ0v) is 11.3. The van der Waals surface area contributed by atoms with Crippen LogP contribution in [0.25, 0.3) is 0 Å². The van der Waals surface area contributed by atoms with Crippen molar-refractivity contribution in [3.63, 3.8) is 0 Å². The van der Waals surface area contributed by atoms with E-state index in [2.05, 4.69) is 0 Å². The van der Waals surface area contributed by atoms with E-state index in [-0.39, 0.29) is 11.6 Å². The average Bonchev–Trinajstić information content (AvgIpc) is 2.46. The second-order valence-electron chi connectivity index (χ2n) is 5.03. The van der Waals surface area contributed by atoms with E-state index in [9.17, 15) is 9.18 Å². The molecule has 2 nitrogen and oxygen atoms in total. The highest BCUT2D eigenvalue weighted by Gasteiger charge is 2.21. The van der Waals surface area contributed by atoms with E-state index < -0.39 is 0 Å². The van der Waals surface area contributed by atoms with Gasteiger partial charge in [0.15, 0.2) is 5.78 Å². The SMILES string of the molecule is Cc1cc(F)ccc1C(=O)c1cccc2c1OCCC2. The molecule has 0 bridgehead atoms. The lowest BCUT2D eigenvalue weighted by Gasteiger charge is -2.20. The maximum absolute atomic E-state index is 13.2. The molecule has 0 aliphatic carbocycles. The fourth-order valence-electron chi connectivity index (χ4n) is 2.59. The number of hydrogen-bond donors (Lipinski definition) is 0. The maximum Gasteiger partial charge on any atom is 0.197 e. The molecule has 0 atom stereocenters. The Labute approximate surface area is 117 Å². The van der Waals surface area contributed by atoms with Crippen LogP contribution in [0.4, 0.5) is 4.39 Å². The Balaban J connectivity index is 2.07. The minimum Gasteiger partial charge on any atom is -0.493 e. The number of fused-ring (bicyclic) bond motifs is 1. The number of rotatable bonds is 2. The van der Waals surface area contributed by atoms with E-state index in [1.54, 1.807) is 13.0 Å². The number of ketones is 1. The van der Waals surface area contributed by atoms with E-state index in [0.717, 1.165) is 18.4 Å². The van der Waals surface area contributed by atoms with Crippen molar-refractivity contribution in [2.75, 3.05) is 6.61 Å². The maximum atomic E-state index is 13.2. The quantitative estimate of drug-likeness (QED) is 0.778. The molecule has 102 valence electrons. The van der Waals surface area contributed by atoms with Crippen LogP contribution in [0.1, 0.15) is 33.5 Å². The van der Waals surface area contributed by atoms with Gasteiger partial charge in [-0.2, -0.15) is 0 Å². The first kappa shape index (κ1) is 12.9. The molecule has 1 aliphatic heterocycles. The summed E-state index contributed by atoms with van der Waals surface area (Å²) in [5.41, 5.74) is 2.80. The minimum absolute atomic E-state index is 0.110. The summed E-state index contributed by atoms with van der Waals surface area (Å²) < 4.78 is 18.8. The topological polar surface area (TPSA) is 26.3 Å². The highest BCUT2D eigenvalue weighted by molar-refractivity contribution is 6.11. The van der Waals surface area contributed by atoms with Gasteiger partial charge >= 0.3 is 0 Å². The first-order valence-electron chi connectivity index (χ1n) is 6.72. The van der Waals surface area contributed by atoms with Crippen LogP contribution in [-0.4, -0.2) is 12.4 Å². The summed E-state index contributed by atoms with van der Waals surface area (Å²) in [6.45, 7) is 2.38. The third-order valence-electron chi connectivity index (χ3n) is 3.61. The molecule has 1 heterocycles. The second-order valence-corrected chi connectivity index (χ2v) is 5.03. The average molecular weight is 270 g/mol. The molecular formula is C17H15FO2. The summed E-state index contributed by atoms with van der Waals surface area (Å²) in [5.74, 6) is 0.249. The molecule has 0 saturated heterocycles. The van der Waals surface area contributed by atoms with Crippen molar-refractivity contribution < 1.29 is 13.9 Å². The fourth-order valence-corrected chi connectivity index (χ4v) is 2.59. The summed E-state index contributed by atoms with van der Waals surface area (Å²) >= 11 is 0. The summed E-state index contributed by atoms with van der Waals surface area (Å²) in [4.78, 5) is 12.6. The first-order chi connectivity index (χ1) is 9.66. The molecule has 0 saturated carbocycles. The van der Waals surface area contributed by atoms with Gasteiger partial charge in [-0.3, -0.25) is 4.79 Å². The Morgan fingerprint density at radius 3 is 2.85 bits per heavy atom. The van der Waals surface area contributed by atoms with Crippen molar-refractivity contribution in [2.45, 2.75) is 19.8 Å². The lowest BCUT2D eigenvalue weighted by atomic mass is 9.95. The lowest BCUT2D eigenvalue weighted by molar-refractivity contribution is 0.103. The lowest BCUT2D eigenvalue weighted by Crippen LogP contribution is -2.14. The van der Waals surface area contributed by atoms with E-state index in [1.165, 1.54) is 18.2 Å².